The molecule has 1 aromatic rings. The molecule has 1 aliphatic rings. The Balaban J connectivity index is 2.02. The molecule has 0 amide bonds. The summed E-state index contributed by atoms with van der Waals surface area (Å²) in [6, 6.07) is 0. The van der Waals surface area contributed by atoms with E-state index in [4.69, 9.17) is 0 Å². The average Bonchev–Trinajstić information content (AvgIpc) is 2.71. The van der Waals surface area contributed by atoms with Crippen molar-refractivity contribution in [1.82, 2.24) is 14.8 Å². The molecule has 0 radical (unpaired) electrons. The lowest BCUT2D eigenvalue weighted by molar-refractivity contribution is -0.0246. The summed E-state index contributed by atoms with van der Waals surface area (Å²) in [6.45, 7) is 2.66. The number of rotatable bonds is 3. The summed E-state index contributed by atoms with van der Waals surface area (Å²) in [7, 11) is -1.16. The fraction of sp³-hybridized carbons (Fsp3) is 0.818. The summed E-state index contributed by atoms with van der Waals surface area (Å²) in [6.07, 6.45) is 6.82. The van der Waals surface area contributed by atoms with Gasteiger partial charge < -0.3 is 5.11 Å². The van der Waals surface area contributed by atoms with Crippen LogP contribution < -0.4 is 0 Å². The molecule has 1 fully saturated rings. The zero-order valence-electron chi connectivity index (χ0n) is 10.3. The van der Waals surface area contributed by atoms with E-state index in [2.05, 4.69) is 17.0 Å². The Hall–Kier alpha value is -0.750. The number of nitrogens with zero attached hydrogens (tertiary/aromatic N) is 3. The maximum absolute atomic E-state index is 11.2. The fourth-order valence-electron chi connectivity index (χ4n) is 2.24. The molecule has 0 aromatic carbocycles. The number of aliphatic hydroxyl groups is 1. The van der Waals surface area contributed by atoms with Gasteiger partial charge in [0.05, 0.1) is 22.9 Å². The zero-order chi connectivity index (χ0) is 12.5. The van der Waals surface area contributed by atoms with Crippen molar-refractivity contribution < 1.29 is 9.32 Å². The highest BCUT2D eigenvalue weighted by Crippen LogP contribution is 2.32. The first-order valence-electron chi connectivity index (χ1n) is 5.94. The van der Waals surface area contributed by atoms with E-state index in [1.807, 2.05) is 0 Å². The van der Waals surface area contributed by atoms with Crippen LogP contribution in [0.25, 0.3) is 0 Å². The van der Waals surface area contributed by atoms with Gasteiger partial charge in [-0.25, -0.2) is 9.67 Å². The first kappa shape index (κ1) is 12.7. The van der Waals surface area contributed by atoms with Gasteiger partial charge in [-0.2, -0.15) is 0 Å². The Bertz CT molecular complexity index is 411. The highest BCUT2D eigenvalue weighted by Gasteiger charge is 2.32. The van der Waals surface area contributed by atoms with E-state index < -0.39 is 16.4 Å². The van der Waals surface area contributed by atoms with Crippen molar-refractivity contribution in [1.29, 1.82) is 0 Å². The largest absolute Gasteiger partial charge is 0.388 e. The molecule has 2 rings (SSSR count). The van der Waals surface area contributed by atoms with Crippen LogP contribution in [0.15, 0.2) is 11.5 Å². The molecule has 1 saturated carbocycles. The van der Waals surface area contributed by atoms with E-state index >= 15 is 0 Å². The van der Waals surface area contributed by atoms with Crippen molar-refractivity contribution in [2.75, 3.05) is 6.26 Å². The molecule has 6 heteroatoms. The second kappa shape index (κ2) is 4.86. The highest BCUT2D eigenvalue weighted by atomic mass is 32.2. The minimum absolute atomic E-state index is 0.331. The van der Waals surface area contributed by atoms with Crippen LogP contribution in [0.1, 0.15) is 32.6 Å². The minimum Gasteiger partial charge on any atom is -0.388 e. The van der Waals surface area contributed by atoms with Crippen molar-refractivity contribution in [3.05, 3.63) is 6.33 Å². The lowest BCUT2D eigenvalue weighted by atomic mass is 9.79. The molecular formula is C11H19N3O2S. The van der Waals surface area contributed by atoms with Crippen LogP contribution in [0, 0.1) is 5.92 Å². The molecule has 0 aliphatic heterocycles. The predicted molar refractivity (Wildman–Crippen MR) is 64.9 cm³/mol. The maximum atomic E-state index is 11.2. The van der Waals surface area contributed by atoms with Crippen molar-refractivity contribution in [3.63, 3.8) is 0 Å². The van der Waals surface area contributed by atoms with Crippen LogP contribution in [-0.4, -0.2) is 35.9 Å². The molecule has 1 aromatic heterocycles. The van der Waals surface area contributed by atoms with E-state index in [-0.39, 0.29) is 0 Å². The first-order chi connectivity index (χ1) is 7.98. The number of aromatic nitrogens is 3. The molecule has 1 N–H and O–H groups in total. The van der Waals surface area contributed by atoms with Crippen LogP contribution in [0.3, 0.4) is 0 Å². The van der Waals surface area contributed by atoms with Crippen molar-refractivity contribution in [2.45, 2.75) is 49.9 Å². The first-order valence-corrected chi connectivity index (χ1v) is 7.50. The van der Waals surface area contributed by atoms with Crippen LogP contribution in [-0.2, 0) is 17.3 Å². The standard InChI is InChI=1S/C11H19N3O2S/c1-9-3-5-11(15,6-4-9)7-14-8-12-10(13-14)17(2)16/h8-9,15H,3-7H2,1-2H3. The van der Waals surface area contributed by atoms with Gasteiger partial charge in [0, 0.05) is 6.26 Å². The van der Waals surface area contributed by atoms with Gasteiger partial charge in [0.15, 0.2) is 0 Å². The minimum atomic E-state index is -1.16. The topological polar surface area (TPSA) is 68.0 Å². The smallest absolute Gasteiger partial charge is 0.238 e. The number of hydrogen-bond acceptors (Lipinski definition) is 4. The fourth-order valence-corrected chi connectivity index (χ4v) is 2.66. The monoisotopic (exact) mass is 257 g/mol. The Kier molecular flexibility index (Phi) is 3.63. The molecule has 96 valence electrons. The third kappa shape index (κ3) is 3.13. The molecule has 0 bridgehead atoms. The van der Waals surface area contributed by atoms with Gasteiger partial charge in [-0.15, -0.1) is 5.10 Å². The van der Waals surface area contributed by atoms with Gasteiger partial charge in [-0.1, -0.05) is 6.92 Å². The Labute approximate surface area is 104 Å². The van der Waals surface area contributed by atoms with E-state index in [0.717, 1.165) is 25.7 Å². The van der Waals surface area contributed by atoms with E-state index in [1.54, 1.807) is 17.3 Å². The third-order valence-corrected chi connectivity index (χ3v) is 4.14. The molecule has 17 heavy (non-hydrogen) atoms. The third-order valence-electron chi connectivity index (χ3n) is 3.43. The zero-order valence-corrected chi connectivity index (χ0v) is 11.1. The Morgan fingerprint density at radius 1 is 1.59 bits per heavy atom. The quantitative estimate of drug-likeness (QED) is 0.875. The van der Waals surface area contributed by atoms with E-state index in [0.29, 0.717) is 17.6 Å². The second-order valence-electron chi connectivity index (χ2n) is 5.09. The molecule has 0 saturated heterocycles. The van der Waals surface area contributed by atoms with Crippen molar-refractivity contribution >= 4 is 10.8 Å². The molecule has 5 nitrogen and oxygen atoms in total. The van der Waals surface area contributed by atoms with Crippen LogP contribution in [0.5, 0.6) is 0 Å². The highest BCUT2D eigenvalue weighted by molar-refractivity contribution is 7.84. The lowest BCUT2D eigenvalue weighted by Gasteiger charge is -2.34. The van der Waals surface area contributed by atoms with Crippen molar-refractivity contribution in [2.24, 2.45) is 5.92 Å². The normalized spacial score (nSPS) is 31.4. The molecule has 1 atom stereocenters. The molecule has 1 unspecified atom stereocenters. The Morgan fingerprint density at radius 3 is 2.76 bits per heavy atom. The van der Waals surface area contributed by atoms with Gasteiger partial charge >= 0.3 is 0 Å². The van der Waals surface area contributed by atoms with Crippen molar-refractivity contribution in [3.8, 4) is 0 Å². The SMILES string of the molecule is CC1CCC(O)(Cn2cnc(S(C)=O)n2)CC1. The van der Waals surface area contributed by atoms with Crippen LogP contribution >= 0.6 is 0 Å². The van der Waals surface area contributed by atoms with Crippen LogP contribution in [0.4, 0.5) is 0 Å². The summed E-state index contributed by atoms with van der Waals surface area (Å²) >= 11 is 0. The predicted octanol–water partition coefficient (Wildman–Crippen LogP) is 0.957. The van der Waals surface area contributed by atoms with Gasteiger partial charge in [-0.3, -0.25) is 4.21 Å². The van der Waals surface area contributed by atoms with Gasteiger partial charge in [0.1, 0.15) is 6.33 Å². The summed E-state index contributed by atoms with van der Waals surface area (Å²) in [5, 5.41) is 14.9. The van der Waals surface area contributed by atoms with Gasteiger partial charge in [-0.05, 0) is 31.6 Å². The summed E-state index contributed by atoms with van der Waals surface area (Å²) < 4.78 is 12.8. The van der Waals surface area contributed by atoms with Crippen LogP contribution in [0.2, 0.25) is 0 Å². The molecule has 1 aliphatic carbocycles. The maximum Gasteiger partial charge on any atom is 0.238 e. The van der Waals surface area contributed by atoms with Gasteiger partial charge in [0.2, 0.25) is 5.16 Å². The molecule has 1 heterocycles. The van der Waals surface area contributed by atoms with E-state index in [9.17, 15) is 9.32 Å². The lowest BCUT2D eigenvalue weighted by Crippen LogP contribution is -2.38. The summed E-state index contributed by atoms with van der Waals surface area (Å²) in [5.74, 6) is 0.699. The summed E-state index contributed by atoms with van der Waals surface area (Å²) in [5.41, 5.74) is -0.674. The summed E-state index contributed by atoms with van der Waals surface area (Å²) in [4.78, 5) is 3.97. The molecular weight excluding hydrogens is 238 g/mol. The van der Waals surface area contributed by atoms with Gasteiger partial charge in [0.25, 0.3) is 0 Å². The average molecular weight is 257 g/mol. The molecule has 0 spiro atoms. The Morgan fingerprint density at radius 2 is 2.24 bits per heavy atom. The van der Waals surface area contributed by atoms with E-state index in [1.165, 1.54) is 0 Å². The second-order valence-corrected chi connectivity index (χ2v) is 6.36. The number of hydrogen-bond donors (Lipinski definition) is 1.